The van der Waals surface area contributed by atoms with E-state index in [9.17, 15) is 5.11 Å². The average molecular weight is 283 g/mol. The van der Waals surface area contributed by atoms with Gasteiger partial charge in [0.1, 0.15) is 11.6 Å². The highest BCUT2D eigenvalue weighted by Gasteiger charge is 2.25. The van der Waals surface area contributed by atoms with Crippen molar-refractivity contribution in [3.63, 3.8) is 0 Å². The molecular formula is C17H21N3O. The molecule has 0 aliphatic carbocycles. The van der Waals surface area contributed by atoms with E-state index in [1.54, 1.807) is 0 Å². The van der Waals surface area contributed by atoms with Gasteiger partial charge in [-0.3, -0.25) is 0 Å². The van der Waals surface area contributed by atoms with Crippen LogP contribution in [0.15, 0.2) is 30.5 Å². The molecule has 0 fully saturated rings. The summed E-state index contributed by atoms with van der Waals surface area (Å²) in [5.74, 6) is 1.75. The zero-order valence-corrected chi connectivity index (χ0v) is 12.6. The Morgan fingerprint density at radius 2 is 2.14 bits per heavy atom. The van der Waals surface area contributed by atoms with Gasteiger partial charge >= 0.3 is 0 Å². The van der Waals surface area contributed by atoms with E-state index in [2.05, 4.69) is 27.9 Å². The molecule has 0 unspecified atom stereocenters. The third-order valence-corrected chi connectivity index (χ3v) is 3.95. The molecule has 4 heteroatoms. The van der Waals surface area contributed by atoms with Gasteiger partial charge in [-0.1, -0.05) is 37.6 Å². The van der Waals surface area contributed by atoms with Crippen molar-refractivity contribution in [2.75, 3.05) is 11.4 Å². The molecule has 1 atom stereocenters. The first kappa shape index (κ1) is 14.0. The molecule has 1 aliphatic heterocycles. The topological polar surface area (TPSA) is 49.2 Å². The van der Waals surface area contributed by atoms with E-state index in [-0.39, 0.29) is 0 Å². The standard InChI is InChI=1S/C17H21N3O/c1-3-6-13-9-18-12(2)19-17(13)20-10-14-7-4-5-8-15(14)16(21)11-20/h4-5,7-9,16,21H,3,6,10-11H2,1-2H3/t16-/m1/s1. The summed E-state index contributed by atoms with van der Waals surface area (Å²) < 4.78 is 0. The summed E-state index contributed by atoms with van der Waals surface area (Å²) in [5.41, 5.74) is 3.38. The van der Waals surface area contributed by atoms with Crippen LogP contribution in [0, 0.1) is 6.92 Å². The highest BCUT2D eigenvalue weighted by Crippen LogP contribution is 2.30. The zero-order chi connectivity index (χ0) is 14.8. The minimum Gasteiger partial charge on any atom is -0.387 e. The van der Waals surface area contributed by atoms with Crippen LogP contribution in [0.1, 0.15) is 42.0 Å². The minimum atomic E-state index is -0.459. The summed E-state index contributed by atoms with van der Waals surface area (Å²) >= 11 is 0. The number of hydrogen-bond acceptors (Lipinski definition) is 4. The van der Waals surface area contributed by atoms with Crippen molar-refractivity contribution in [3.8, 4) is 0 Å². The largest absolute Gasteiger partial charge is 0.387 e. The molecule has 0 spiro atoms. The summed E-state index contributed by atoms with van der Waals surface area (Å²) in [7, 11) is 0. The average Bonchev–Trinajstić information content (AvgIpc) is 2.49. The Morgan fingerprint density at radius 3 is 2.95 bits per heavy atom. The molecular weight excluding hydrogens is 262 g/mol. The summed E-state index contributed by atoms with van der Waals surface area (Å²) in [6, 6.07) is 8.09. The fourth-order valence-corrected chi connectivity index (χ4v) is 2.94. The number of aliphatic hydroxyl groups excluding tert-OH is 1. The fourth-order valence-electron chi connectivity index (χ4n) is 2.94. The molecule has 1 N–H and O–H groups in total. The fraction of sp³-hybridized carbons (Fsp3) is 0.412. The van der Waals surface area contributed by atoms with Gasteiger partial charge in [0.2, 0.25) is 0 Å². The second-order valence-electron chi connectivity index (χ2n) is 5.61. The molecule has 2 aromatic rings. The molecule has 0 radical (unpaired) electrons. The predicted molar refractivity (Wildman–Crippen MR) is 83.2 cm³/mol. The maximum absolute atomic E-state index is 10.4. The van der Waals surface area contributed by atoms with E-state index in [0.29, 0.717) is 6.54 Å². The van der Waals surface area contributed by atoms with E-state index in [1.807, 2.05) is 31.3 Å². The van der Waals surface area contributed by atoms with Crippen molar-refractivity contribution in [2.45, 2.75) is 39.3 Å². The lowest BCUT2D eigenvalue weighted by atomic mass is 9.97. The molecule has 1 aromatic carbocycles. The van der Waals surface area contributed by atoms with Gasteiger partial charge in [0.05, 0.1) is 6.10 Å². The Kier molecular flexibility index (Phi) is 3.88. The first-order valence-corrected chi connectivity index (χ1v) is 7.52. The summed E-state index contributed by atoms with van der Waals surface area (Å²) in [6.45, 7) is 5.45. The van der Waals surface area contributed by atoms with Crippen LogP contribution in [0.5, 0.6) is 0 Å². The maximum Gasteiger partial charge on any atom is 0.135 e. The van der Waals surface area contributed by atoms with Crippen molar-refractivity contribution in [1.29, 1.82) is 0 Å². The van der Waals surface area contributed by atoms with Gasteiger partial charge in [-0.25, -0.2) is 9.97 Å². The lowest BCUT2D eigenvalue weighted by Crippen LogP contribution is -2.35. The second-order valence-corrected chi connectivity index (χ2v) is 5.61. The third-order valence-electron chi connectivity index (χ3n) is 3.95. The second kappa shape index (κ2) is 5.82. The van der Waals surface area contributed by atoms with Crippen LogP contribution >= 0.6 is 0 Å². The molecule has 0 amide bonds. The highest BCUT2D eigenvalue weighted by atomic mass is 16.3. The molecule has 0 bridgehead atoms. The molecule has 3 rings (SSSR count). The van der Waals surface area contributed by atoms with Crippen molar-refractivity contribution in [1.82, 2.24) is 9.97 Å². The highest BCUT2D eigenvalue weighted by molar-refractivity contribution is 5.50. The maximum atomic E-state index is 10.4. The van der Waals surface area contributed by atoms with Gasteiger partial charge < -0.3 is 10.0 Å². The Labute approximate surface area is 125 Å². The van der Waals surface area contributed by atoms with Gasteiger partial charge in [-0.2, -0.15) is 0 Å². The van der Waals surface area contributed by atoms with Crippen LogP contribution in [0.2, 0.25) is 0 Å². The van der Waals surface area contributed by atoms with Gasteiger partial charge in [-0.05, 0) is 24.5 Å². The van der Waals surface area contributed by atoms with Crippen molar-refractivity contribution < 1.29 is 5.11 Å². The van der Waals surface area contributed by atoms with Crippen LogP contribution in [-0.4, -0.2) is 21.6 Å². The molecule has 1 aromatic heterocycles. The molecule has 0 saturated heterocycles. The molecule has 0 saturated carbocycles. The third kappa shape index (κ3) is 2.76. The number of anilines is 1. The van der Waals surface area contributed by atoms with Crippen molar-refractivity contribution in [2.24, 2.45) is 0 Å². The molecule has 1 aliphatic rings. The lowest BCUT2D eigenvalue weighted by Gasteiger charge is -2.34. The van der Waals surface area contributed by atoms with Crippen molar-refractivity contribution >= 4 is 5.82 Å². The number of fused-ring (bicyclic) bond motifs is 1. The van der Waals surface area contributed by atoms with E-state index in [1.165, 1.54) is 5.56 Å². The first-order chi connectivity index (χ1) is 10.2. The van der Waals surface area contributed by atoms with E-state index in [0.717, 1.165) is 42.2 Å². The first-order valence-electron chi connectivity index (χ1n) is 7.52. The molecule has 21 heavy (non-hydrogen) atoms. The number of β-amino-alcohol motifs (C(OH)–C–C–N with tert-alkyl or cyclic N) is 1. The van der Waals surface area contributed by atoms with Crippen LogP contribution in [0.3, 0.4) is 0 Å². The van der Waals surface area contributed by atoms with Gasteiger partial charge in [0.15, 0.2) is 0 Å². The SMILES string of the molecule is CCCc1cnc(C)nc1N1Cc2ccccc2[C@H](O)C1. The zero-order valence-electron chi connectivity index (χ0n) is 12.6. The lowest BCUT2D eigenvalue weighted by molar-refractivity contribution is 0.175. The Balaban J connectivity index is 1.97. The number of benzene rings is 1. The quantitative estimate of drug-likeness (QED) is 0.941. The number of aryl methyl sites for hydroxylation is 2. The van der Waals surface area contributed by atoms with E-state index >= 15 is 0 Å². The van der Waals surface area contributed by atoms with E-state index in [4.69, 9.17) is 0 Å². The number of rotatable bonds is 3. The monoisotopic (exact) mass is 283 g/mol. The number of nitrogens with zero attached hydrogens (tertiary/aromatic N) is 3. The van der Waals surface area contributed by atoms with Gasteiger partial charge in [0.25, 0.3) is 0 Å². The summed E-state index contributed by atoms with van der Waals surface area (Å²) in [6.07, 6.45) is 3.49. The summed E-state index contributed by atoms with van der Waals surface area (Å²) in [5, 5.41) is 10.4. The number of aliphatic hydroxyl groups is 1. The number of aromatic nitrogens is 2. The minimum absolute atomic E-state index is 0.459. The van der Waals surface area contributed by atoms with E-state index < -0.39 is 6.10 Å². The molecule has 2 heterocycles. The van der Waals surface area contributed by atoms with Gasteiger partial charge in [-0.15, -0.1) is 0 Å². The van der Waals surface area contributed by atoms with Crippen LogP contribution in [-0.2, 0) is 13.0 Å². The molecule has 110 valence electrons. The van der Waals surface area contributed by atoms with Crippen LogP contribution in [0.25, 0.3) is 0 Å². The Hall–Kier alpha value is -1.94. The van der Waals surface area contributed by atoms with Gasteiger partial charge in [0, 0.05) is 24.8 Å². The summed E-state index contributed by atoms with van der Waals surface area (Å²) in [4.78, 5) is 11.1. The predicted octanol–water partition coefficient (Wildman–Crippen LogP) is 2.79. The normalized spacial score (nSPS) is 17.7. The van der Waals surface area contributed by atoms with Crippen LogP contribution < -0.4 is 4.90 Å². The van der Waals surface area contributed by atoms with Crippen LogP contribution in [0.4, 0.5) is 5.82 Å². The smallest absolute Gasteiger partial charge is 0.135 e. The Morgan fingerprint density at radius 1 is 1.33 bits per heavy atom. The molecule has 4 nitrogen and oxygen atoms in total. The van der Waals surface area contributed by atoms with Crippen molar-refractivity contribution in [3.05, 3.63) is 53.0 Å². The Bertz CT molecular complexity index is 642. The number of hydrogen-bond donors (Lipinski definition) is 1.